The predicted molar refractivity (Wildman–Crippen MR) is 104 cm³/mol. The second kappa shape index (κ2) is 7.19. The molecule has 0 radical (unpaired) electrons. The Morgan fingerprint density at radius 1 is 1.23 bits per heavy atom. The summed E-state index contributed by atoms with van der Waals surface area (Å²) in [6.45, 7) is 5.89. The Hall–Kier alpha value is -2.84. The molecule has 0 aliphatic heterocycles. The lowest BCUT2D eigenvalue weighted by molar-refractivity contribution is -0.134. The third kappa shape index (κ3) is 3.87. The third-order valence-corrected chi connectivity index (χ3v) is 5.15. The van der Waals surface area contributed by atoms with Crippen LogP contribution in [-0.2, 0) is 11.3 Å². The second-order valence-corrected chi connectivity index (χ2v) is 7.74. The van der Waals surface area contributed by atoms with E-state index in [4.69, 9.17) is 10.00 Å². The lowest BCUT2D eigenvalue weighted by atomic mass is 10.1. The first-order chi connectivity index (χ1) is 12.4. The van der Waals surface area contributed by atoms with E-state index in [9.17, 15) is 4.79 Å². The summed E-state index contributed by atoms with van der Waals surface area (Å²) in [6.07, 6.45) is 0. The van der Waals surface area contributed by atoms with Crippen LogP contribution in [0.4, 0.5) is 0 Å². The third-order valence-electron chi connectivity index (χ3n) is 4.14. The van der Waals surface area contributed by atoms with Crippen LogP contribution in [-0.4, -0.2) is 11.5 Å². The molecule has 0 aliphatic carbocycles. The van der Waals surface area contributed by atoms with E-state index in [0.717, 1.165) is 21.2 Å². The van der Waals surface area contributed by atoms with E-state index in [2.05, 4.69) is 11.4 Å². The van der Waals surface area contributed by atoms with Crippen molar-refractivity contribution in [1.29, 1.82) is 5.26 Å². The maximum atomic E-state index is 12.6. The fourth-order valence-corrected chi connectivity index (χ4v) is 3.57. The van der Waals surface area contributed by atoms with Gasteiger partial charge in [-0.15, -0.1) is 11.3 Å². The van der Waals surface area contributed by atoms with E-state index >= 15 is 0 Å². The summed E-state index contributed by atoms with van der Waals surface area (Å²) in [4.78, 5) is 13.3. The molecule has 1 amide bonds. The molecule has 2 aromatic carbocycles. The normalized spacial score (nSPS) is 11.2. The Kier molecular flexibility index (Phi) is 4.97. The van der Waals surface area contributed by atoms with Gasteiger partial charge in [0.1, 0.15) is 16.7 Å². The number of nitrogens with one attached hydrogen (secondary N) is 1. The molecule has 26 heavy (non-hydrogen) atoms. The topological polar surface area (TPSA) is 62.1 Å². The number of thiophene rings is 1. The molecule has 0 saturated heterocycles. The Morgan fingerprint density at radius 2 is 1.96 bits per heavy atom. The van der Waals surface area contributed by atoms with Gasteiger partial charge < -0.3 is 10.1 Å². The number of nitrogens with zero attached hydrogens (tertiary/aromatic N) is 1. The van der Waals surface area contributed by atoms with Gasteiger partial charge in [-0.3, -0.25) is 4.79 Å². The molecule has 1 aromatic heterocycles. The molecule has 0 aliphatic rings. The fourth-order valence-electron chi connectivity index (χ4n) is 2.67. The summed E-state index contributed by atoms with van der Waals surface area (Å²) in [5, 5.41) is 13.0. The van der Waals surface area contributed by atoms with Gasteiger partial charge in [0, 0.05) is 11.2 Å². The van der Waals surface area contributed by atoms with Gasteiger partial charge in [0.2, 0.25) is 0 Å². The van der Waals surface area contributed by atoms with Gasteiger partial charge >= 0.3 is 0 Å². The highest BCUT2D eigenvalue weighted by molar-refractivity contribution is 7.19. The maximum Gasteiger partial charge on any atom is 0.263 e. The van der Waals surface area contributed by atoms with E-state index in [1.165, 1.54) is 11.3 Å². The molecule has 132 valence electrons. The smallest absolute Gasteiger partial charge is 0.263 e. The van der Waals surface area contributed by atoms with Crippen molar-refractivity contribution >= 4 is 27.3 Å². The fraction of sp³-hybridized carbons (Fsp3) is 0.238. The quantitative estimate of drug-likeness (QED) is 0.722. The van der Waals surface area contributed by atoms with Crippen LogP contribution in [0, 0.1) is 18.3 Å². The Labute approximate surface area is 157 Å². The van der Waals surface area contributed by atoms with Gasteiger partial charge in [0.25, 0.3) is 5.91 Å². The van der Waals surface area contributed by atoms with Crippen LogP contribution >= 0.6 is 11.3 Å². The van der Waals surface area contributed by atoms with Gasteiger partial charge in [-0.25, -0.2) is 0 Å². The Balaban J connectivity index is 1.71. The molecule has 0 saturated carbocycles. The molecular weight excluding hydrogens is 344 g/mol. The van der Waals surface area contributed by atoms with Crippen molar-refractivity contribution in [1.82, 2.24) is 5.32 Å². The van der Waals surface area contributed by atoms with Gasteiger partial charge in [-0.05, 0) is 56.0 Å². The van der Waals surface area contributed by atoms with Crippen LogP contribution < -0.4 is 10.1 Å². The summed E-state index contributed by atoms with van der Waals surface area (Å²) in [6, 6.07) is 17.6. The zero-order chi connectivity index (χ0) is 18.7. The average Bonchev–Trinajstić information content (AvgIpc) is 3.05. The number of nitriles is 1. The van der Waals surface area contributed by atoms with Gasteiger partial charge in [0.15, 0.2) is 5.60 Å². The van der Waals surface area contributed by atoms with Crippen LogP contribution in [0.25, 0.3) is 10.1 Å². The Bertz CT molecular complexity index is 981. The largest absolute Gasteiger partial charge is 0.478 e. The summed E-state index contributed by atoms with van der Waals surface area (Å²) < 4.78 is 6.91. The number of carbonyl (C=O) groups excluding carboxylic acids is 1. The number of hydrogen-bond acceptors (Lipinski definition) is 4. The molecule has 0 bridgehead atoms. The highest BCUT2D eigenvalue weighted by atomic mass is 32.1. The van der Waals surface area contributed by atoms with Crippen molar-refractivity contribution in [3.63, 3.8) is 0 Å². The van der Waals surface area contributed by atoms with E-state index in [0.29, 0.717) is 17.2 Å². The molecule has 0 atom stereocenters. The first kappa shape index (κ1) is 18.0. The molecule has 0 spiro atoms. The van der Waals surface area contributed by atoms with Gasteiger partial charge in [-0.2, -0.15) is 5.26 Å². The number of rotatable bonds is 5. The highest BCUT2D eigenvalue weighted by Gasteiger charge is 2.29. The second-order valence-electron chi connectivity index (χ2n) is 6.66. The summed E-state index contributed by atoms with van der Waals surface area (Å²) in [5.74, 6) is 0.472. The van der Waals surface area contributed by atoms with Crippen molar-refractivity contribution in [2.45, 2.75) is 32.9 Å². The van der Waals surface area contributed by atoms with Crippen molar-refractivity contribution in [3.05, 3.63) is 64.5 Å². The summed E-state index contributed by atoms with van der Waals surface area (Å²) in [7, 11) is 0. The van der Waals surface area contributed by atoms with E-state index in [-0.39, 0.29) is 5.91 Å². The molecule has 3 rings (SSSR count). The molecular formula is C21H20N2O2S. The van der Waals surface area contributed by atoms with E-state index in [1.807, 2.05) is 55.5 Å². The molecule has 1 heterocycles. The maximum absolute atomic E-state index is 12.6. The number of amides is 1. The molecule has 4 nitrogen and oxygen atoms in total. The Morgan fingerprint density at radius 3 is 2.65 bits per heavy atom. The van der Waals surface area contributed by atoms with Crippen molar-refractivity contribution in [2.24, 2.45) is 0 Å². The van der Waals surface area contributed by atoms with E-state index < -0.39 is 5.60 Å². The van der Waals surface area contributed by atoms with E-state index in [1.54, 1.807) is 13.8 Å². The summed E-state index contributed by atoms with van der Waals surface area (Å²) >= 11 is 1.46. The number of hydrogen-bond donors (Lipinski definition) is 1. The van der Waals surface area contributed by atoms with Crippen molar-refractivity contribution < 1.29 is 9.53 Å². The van der Waals surface area contributed by atoms with Crippen molar-refractivity contribution in [3.8, 4) is 11.8 Å². The SMILES string of the molecule is Cc1ccc(OC(C)(C)C(=O)NCc2cccc3sc(C#N)cc23)cc1. The highest BCUT2D eigenvalue weighted by Crippen LogP contribution is 2.28. The first-order valence-electron chi connectivity index (χ1n) is 8.34. The van der Waals surface area contributed by atoms with Gasteiger partial charge in [0.05, 0.1) is 0 Å². The van der Waals surface area contributed by atoms with Crippen LogP contribution in [0.5, 0.6) is 5.75 Å². The first-order valence-corrected chi connectivity index (χ1v) is 9.16. The summed E-state index contributed by atoms with van der Waals surface area (Å²) in [5.41, 5.74) is 1.13. The zero-order valence-electron chi connectivity index (χ0n) is 15.0. The number of aryl methyl sites for hydroxylation is 1. The lowest BCUT2D eigenvalue weighted by Gasteiger charge is -2.25. The van der Waals surface area contributed by atoms with Crippen molar-refractivity contribution in [2.75, 3.05) is 0 Å². The standard InChI is InChI=1S/C21H20N2O2S/c1-14-7-9-16(10-8-14)25-21(2,3)20(24)23-13-15-5-4-6-19-18(15)11-17(12-22)26-19/h4-11H,13H2,1-3H3,(H,23,24). The number of benzene rings is 2. The molecule has 0 fully saturated rings. The number of fused-ring (bicyclic) bond motifs is 1. The number of ether oxygens (including phenoxy) is 1. The predicted octanol–water partition coefficient (Wildman–Crippen LogP) is 4.56. The van der Waals surface area contributed by atoms with Crippen LogP contribution in [0.2, 0.25) is 0 Å². The lowest BCUT2D eigenvalue weighted by Crippen LogP contribution is -2.46. The molecule has 1 N–H and O–H groups in total. The minimum absolute atomic E-state index is 0.189. The molecule has 3 aromatic rings. The van der Waals surface area contributed by atoms with Crippen LogP contribution in [0.15, 0.2) is 48.5 Å². The monoisotopic (exact) mass is 364 g/mol. The zero-order valence-corrected chi connectivity index (χ0v) is 15.8. The average molecular weight is 364 g/mol. The van der Waals surface area contributed by atoms with Crippen LogP contribution in [0.1, 0.15) is 29.9 Å². The van der Waals surface area contributed by atoms with Gasteiger partial charge in [-0.1, -0.05) is 29.8 Å². The minimum Gasteiger partial charge on any atom is -0.478 e. The van der Waals surface area contributed by atoms with Crippen LogP contribution in [0.3, 0.4) is 0 Å². The number of carbonyl (C=O) groups is 1. The minimum atomic E-state index is -0.990. The molecule has 0 unspecified atom stereocenters. The molecule has 5 heteroatoms.